The highest BCUT2D eigenvalue weighted by Crippen LogP contribution is 2.33. The van der Waals surface area contributed by atoms with Gasteiger partial charge in [-0.3, -0.25) is 4.79 Å². The van der Waals surface area contributed by atoms with Crippen LogP contribution in [0.25, 0.3) is 0 Å². The van der Waals surface area contributed by atoms with Gasteiger partial charge < -0.3 is 14.8 Å². The Labute approximate surface area is 128 Å². The molecule has 6 heteroatoms. The minimum Gasteiger partial charge on any atom is -0.459 e. The number of hydrogen-bond acceptors (Lipinski definition) is 5. The maximum Gasteiger partial charge on any atom is 0.341 e. The fraction of sp³-hybridized carbons (Fsp3) is 0.600. The quantitative estimate of drug-likeness (QED) is 0.868. The molecule has 5 nitrogen and oxygen atoms in total. The molecule has 0 aromatic carbocycles. The van der Waals surface area contributed by atoms with Crippen LogP contribution in [0.5, 0.6) is 0 Å². The summed E-state index contributed by atoms with van der Waals surface area (Å²) in [6.45, 7) is 8.01. The van der Waals surface area contributed by atoms with E-state index in [0.29, 0.717) is 17.2 Å². The van der Waals surface area contributed by atoms with Gasteiger partial charge in [-0.25, -0.2) is 4.79 Å². The van der Waals surface area contributed by atoms with Crippen molar-refractivity contribution in [1.82, 2.24) is 0 Å². The second-order valence-corrected chi connectivity index (χ2v) is 6.66. The number of hydrogen-bond donors (Lipinski definition) is 1. The zero-order valence-corrected chi connectivity index (χ0v) is 13.6. The Hall–Kier alpha value is -1.40. The van der Waals surface area contributed by atoms with Crippen LogP contribution in [0.15, 0.2) is 0 Å². The van der Waals surface area contributed by atoms with Crippen molar-refractivity contribution >= 4 is 28.2 Å². The van der Waals surface area contributed by atoms with Crippen molar-refractivity contribution in [2.75, 3.05) is 11.9 Å². The van der Waals surface area contributed by atoms with Crippen molar-refractivity contribution in [2.45, 2.75) is 52.7 Å². The topological polar surface area (TPSA) is 64.6 Å². The van der Waals surface area contributed by atoms with Gasteiger partial charge in [0.15, 0.2) is 0 Å². The molecule has 1 N–H and O–H groups in total. The van der Waals surface area contributed by atoms with Crippen molar-refractivity contribution in [3.8, 4) is 0 Å². The van der Waals surface area contributed by atoms with E-state index in [2.05, 4.69) is 5.32 Å². The summed E-state index contributed by atoms with van der Waals surface area (Å²) in [7, 11) is 0. The first kappa shape index (κ1) is 16.0. The molecule has 1 aromatic heterocycles. The van der Waals surface area contributed by atoms with Crippen LogP contribution < -0.4 is 5.32 Å². The second kappa shape index (κ2) is 6.58. The van der Waals surface area contributed by atoms with E-state index in [4.69, 9.17) is 9.47 Å². The number of nitrogens with one attached hydrogen (secondary N) is 1. The Balaban J connectivity index is 2.20. The Morgan fingerprint density at radius 1 is 1.38 bits per heavy atom. The average molecular weight is 311 g/mol. The predicted molar refractivity (Wildman–Crippen MR) is 81.9 cm³/mol. The third kappa shape index (κ3) is 3.63. The van der Waals surface area contributed by atoms with Crippen LogP contribution in [0.2, 0.25) is 0 Å². The standard InChI is InChI=1S/C15H21NO4S/c1-8(2)20-15(18)12-9(3)10(4)21-14(12)16-13(17)11-6-5-7-19-11/h8,11H,5-7H2,1-4H3,(H,16,17)/t11-/m0/s1. The number of aryl methyl sites for hydroxylation is 1. The van der Waals surface area contributed by atoms with Crippen LogP contribution in [-0.2, 0) is 14.3 Å². The van der Waals surface area contributed by atoms with Crippen molar-refractivity contribution in [3.63, 3.8) is 0 Å². The monoisotopic (exact) mass is 311 g/mol. The van der Waals surface area contributed by atoms with Gasteiger partial charge >= 0.3 is 5.97 Å². The molecular formula is C15H21NO4S. The van der Waals surface area contributed by atoms with Crippen molar-refractivity contribution in [2.24, 2.45) is 0 Å². The van der Waals surface area contributed by atoms with Gasteiger partial charge in [0, 0.05) is 11.5 Å². The maximum atomic E-state index is 12.2. The van der Waals surface area contributed by atoms with E-state index >= 15 is 0 Å². The molecule has 1 saturated heterocycles. The van der Waals surface area contributed by atoms with E-state index in [0.717, 1.165) is 23.3 Å². The molecule has 1 amide bonds. The summed E-state index contributed by atoms with van der Waals surface area (Å²) in [5.74, 6) is -0.582. The number of esters is 1. The van der Waals surface area contributed by atoms with Gasteiger partial charge in [-0.15, -0.1) is 11.3 Å². The van der Waals surface area contributed by atoms with Gasteiger partial charge in [-0.05, 0) is 46.1 Å². The molecule has 0 radical (unpaired) electrons. The maximum absolute atomic E-state index is 12.2. The predicted octanol–water partition coefficient (Wildman–Crippen LogP) is 3.05. The molecular weight excluding hydrogens is 290 g/mol. The van der Waals surface area contributed by atoms with Crippen molar-refractivity contribution in [1.29, 1.82) is 0 Å². The van der Waals surface area contributed by atoms with Gasteiger partial charge in [0.05, 0.1) is 11.7 Å². The summed E-state index contributed by atoms with van der Waals surface area (Å²) in [6.07, 6.45) is 1.00. The Kier molecular flexibility index (Phi) is 5.00. The SMILES string of the molecule is Cc1sc(NC(=O)[C@@H]2CCCO2)c(C(=O)OC(C)C)c1C. The molecule has 0 aliphatic carbocycles. The molecule has 2 rings (SSSR count). The van der Waals surface area contributed by atoms with E-state index in [-0.39, 0.29) is 12.0 Å². The number of ether oxygens (including phenoxy) is 2. The molecule has 0 unspecified atom stereocenters. The summed E-state index contributed by atoms with van der Waals surface area (Å²) in [5, 5.41) is 3.37. The Morgan fingerprint density at radius 2 is 2.10 bits per heavy atom. The smallest absolute Gasteiger partial charge is 0.341 e. The molecule has 1 atom stereocenters. The highest BCUT2D eigenvalue weighted by atomic mass is 32.1. The minimum atomic E-state index is -0.415. The number of rotatable bonds is 4. The number of thiophene rings is 1. The number of anilines is 1. The molecule has 1 aliphatic rings. The zero-order chi connectivity index (χ0) is 15.6. The highest BCUT2D eigenvalue weighted by molar-refractivity contribution is 7.16. The largest absolute Gasteiger partial charge is 0.459 e. The first-order chi connectivity index (χ1) is 9.90. The normalized spacial score (nSPS) is 18.0. The van der Waals surface area contributed by atoms with Crippen molar-refractivity contribution < 1.29 is 19.1 Å². The van der Waals surface area contributed by atoms with E-state index in [9.17, 15) is 9.59 Å². The van der Waals surface area contributed by atoms with Crippen LogP contribution in [0.1, 0.15) is 47.5 Å². The third-order valence-electron chi connectivity index (χ3n) is 3.39. The summed E-state index contributed by atoms with van der Waals surface area (Å²) in [4.78, 5) is 25.4. The molecule has 0 bridgehead atoms. The Morgan fingerprint density at radius 3 is 2.67 bits per heavy atom. The van der Waals surface area contributed by atoms with Crippen LogP contribution in [0.3, 0.4) is 0 Å². The lowest BCUT2D eigenvalue weighted by molar-refractivity contribution is -0.124. The van der Waals surface area contributed by atoms with Gasteiger partial charge in [-0.1, -0.05) is 0 Å². The third-order valence-corrected chi connectivity index (χ3v) is 4.51. The lowest BCUT2D eigenvalue weighted by Crippen LogP contribution is -2.27. The van der Waals surface area contributed by atoms with Crippen molar-refractivity contribution in [3.05, 3.63) is 16.0 Å². The minimum absolute atomic E-state index is 0.188. The highest BCUT2D eigenvalue weighted by Gasteiger charge is 2.27. The first-order valence-electron chi connectivity index (χ1n) is 7.13. The molecule has 21 heavy (non-hydrogen) atoms. The van der Waals surface area contributed by atoms with Gasteiger partial charge in [-0.2, -0.15) is 0 Å². The molecule has 116 valence electrons. The lowest BCUT2D eigenvalue weighted by atomic mass is 10.1. The number of amides is 1. The van der Waals surface area contributed by atoms with Gasteiger partial charge in [0.2, 0.25) is 0 Å². The molecule has 1 aliphatic heterocycles. The number of carbonyl (C=O) groups excluding carboxylic acids is 2. The second-order valence-electron chi connectivity index (χ2n) is 5.43. The first-order valence-corrected chi connectivity index (χ1v) is 7.95. The van der Waals surface area contributed by atoms with Crippen LogP contribution in [-0.4, -0.2) is 30.7 Å². The van der Waals surface area contributed by atoms with Crippen LogP contribution in [0, 0.1) is 13.8 Å². The zero-order valence-electron chi connectivity index (χ0n) is 12.8. The van der Waals surface area contributed by atoms with Gasteiger partial charge in [0.25, 0.3) is 5.91 Å². The molecule has 1 fully saturated rings. The summed E-state index contributed by atoms with van der Waals surface area (Å²) in [6, 6.07) is 0. The average Bonchev–Trinajstić information content (AvgIpc) is 2.98. The Bertz CT molecular complexity index is 544. The summed E-state index contributed by atoms with van der Waals surface area (Å²) < 4.78 is 10.6. The molecule has 2 heterocycles. The van der Waals surface area contributed by atoms with Crippen LogP contribution >= 0.6 is 11.3 Å². The van der Waals surface area contributed by atoms with E-state index in [1.165, 1.54) is 11.3 Å². The fourth-order valence-corrected chi connectivity index (χ4v) is 3.26. The molecule has 1 aromatic rings. The summed E-state index contributed by atoms with van der Waals surface area (Å²) >= 11 is 1.40. The molecule has 0 spiro atoms. The lowest BCUT2D eigenvalue weighted by Gasteiger charge is -2.12. The van der Waals surface area contributed by atoms with E-state index in [1.807, 2.05) is 13.8 Å². The summed E-state index contributed by atoms with van der Waals surface area (Å²) in [5.41, 5.74) is 1.31. The molecule has 0 saturated carbocycles. The van der Waals surface area contributed by atoms with E-state index in [1.54, 1.807) is 13.8 Å². The number of carbonyl (C=O) groups is 2. The van der Waals surface area contributed by atoms with E-state index < -0.39 is 12.1 Å². The van der Waals surface area contributed by atoms with Crippen LogP contribution in [0.4, 0.5) is 5.00 Å². The van der Waals surface area contributed by atoms with Gasteiger partial charge in [0.1, 0.15) is 11.1 Å². The fourth-order valence-electron chi connectivity index (χ4n) is 2.21.